The van der Waals surface area contributed by atoms with Crippen molar-refractivity contribution in [2.24, 2.45) is 11.3 Å². The highest BCUT2D eigenvalue weighted by molar-refractivity contribution is 5.19. The van der Waals surface area contributed by atoms with Crippen LogP contribution in [-0.2, 0) is 0 Å². The average molecular weight is 261 g/mol. The number of nitrogens with one attached hydrogen (secondary N) is 1. The molecule has 1 heteroatoms. The molecule has 0 aliphatic carbocycles. The molecule has 0 saturated heterocycles. The Morgan fingerprint density at radius 2 is 1.58 bits per heavy atom. The zero-order valence-corrected chi connectivity index (χ0v) is 13.4. The van der Waals surface area contributed by atoms with Gasteiger partial charge in [-0.2, -0.15) is 0 Å². The maximum absolute atomic E-state index is 3.79. The van der Waals surface area contributed by atoms with E-state index in [0.29, 0.717) is 11.5 Å². The second-order valence-electron chi connectivity index (χ2n) is 6.73. The largest absolute Gasteiger partial charge is 0.310 e. The Balaban J connectivity index is 2.71. The molecule has 1 nitrogen and oxygen atoms in total. The zero-order chi connectivity index (χ0) is 14.3. The van der Waals surface area contributed by atoms with Gasteiger partial charge in [-0.1, -0.05) is 77.8 Å². The first kappa shape index (κ1) is 16.2. The summed E-state index contributed by atoms with van der Waals surface area (Å²) in [5.74, 6) is 0.724. The van der Waals surface area contributed by atoms with Crippen molar-refractivity contribution in [2.75, 3.05) is 6.54 Å². The molecule has 1 aromatic carbocycles. The highest BCUT2D eigenvalue weighted by Gasteiger charge is 2.20. The molecule has 0 aliphatic rings. The molecular weight excluding hydrogens is 230 g/mol. The van der Waals surface area contributed by atoms with Crippen LogP contribution < -0.4 is 5.32 Å². The smallest absolute Gasteiger partial charge is 0.0348 e. The third-order valence-corrected chi connectivity index (χ3v) is 3.92. The third kappa shape index (κ3) is 5.78. The maximum atomic E-state index is 3.79. The van der Waals surface area contributed by atoms with Gasteiger partial charge in [0.05, 0.1) is 0 Å². The molecule has 0 heterocycles. The number of hydrogen-bond donors (Lipinski definition) is 1. The third-order valence-electron chi connectivity index (χ3n) is 3.92. The lowest BCUT2D eigenvalue weighted by Gasteiger charge is -2.29. The molecule has 0 saturated carbocycles. The molecule has 0 radical (unpaired) electrons. The zero-order valence-electron chi connectivity index (χ0n) is 13.4. The molecule has 0 spiro atoms. The van der Waals surface area contributed by atoms with Gasteiger partial charge in [0.2, 0.25) is 0 Å². The Morgan fingerprint density at radius 3 is 2.05 bits per heavy atom. The highest BCUT2D eigenvalue weighted by Crippen LogP contribution is 2.28. The SMILES string of the molecule is CCC(CC)C(NCCC(C)(C)C)c1ccccc1. The van der Waals surface area contributed by atoms with Crippen molar-refractivity contribution in [3.8, 4) is 0 Å². The van der Waals surface area contributed by atoms with Crippen molar-refractivity contribution in [3.63, 3.8) is 0 Å². The van der Waals surface area contributed by atoms with Crippen LogP contribution in [0.1, 0.15) is 65.5 Å². The van der Waals surface area contributed by atoms with E-state index in [1.807, 2.05) is 0 Å². The van der Waals surface area contributed by atoms with E-state index in [9.17, 15) is 0 Å². The summed E-state index contributed by atoms with van der Waals surface area (Å²) in [6.45, 7) is 12.6. The van der Waals surface area contributed by atoms with E-state index in [1.54, 1.807) is 0 Å². The number of hydrogen-bond acceptors (Lipinski definition) is 1. The van der Waals surface area contributed by atoms with Gasteiger partial charge in [0.25, 0.3) is 0 Å². The van der Waals surface area contributed by atoms with Gasteiger partial charge in [0.15, 0.2) is 0 Å². The summed E-state index contributed by atoms with van der Waals surface area (Å²) < 4.78 is 0. The first-order valence-corrected chi connectivity index (χ1v) is 7.76. The van der Waals surface area contributed by atoms with Crippen molar-refractivity contribution >= 4 is 0 Å². The summed E-state index contributed by atoms with van der Waals surface area (Å²) in [5.41, 5.74) is 1.84. The minimum absolute atomic E-state index is 0.405. The molecule has 19 heavy (non-hydrogen) atoms. The molecule has 0 aliphatic heterocycles. The summed E-state index contributed by atoms with van der Waals surface area (Å²) in [7, 11) is 0. The van der Waals surface area contributed by atoms with Gasteiger partial charge in [-0.3, -0.25) is 0 Å². The topological polar surface area (TPSA) is 12.0 Å². The summed E-state index contributed by atoms with van der Waals surface area (Å²) in [6, 6.07) is 11.4. The summed E-state index contributed by atoms with van der Waals surface area (Å²) >= 11 is 0. The fraction of sp³-hybridized carbons (Fsp3) is 0.667. The van der Waals surface area contributed by atoms with Crippen LogP contribution in [0.5, 0.6) is 0 Å². The van der Waals surface area contributed by atoms with Gasteiger partial charge in [-0.15, -0.1) is 0 Å². The van der Waals surface area contributed by atoms with Crippen LogP contribution in [-0.4, -0.2) is 6.54 Å². The highest BCUT2D eigenvalue weighted by atomic mass is 14.9. The maximum Gasteiger partial charge on any atom is 0.0348 e. The van der Waals surface area contributed by atoms with Crippen LogP contribution in [0, 0.1) is 11.3 Å². The van der Waals surface area contributed by atoms with E-state index in [4.69, 9.17) is 0 Å². The molecular formula is C18H31N. The van der Waals surface area contributed by atoms with Gasteiger partial charge >= 0.3 is 0 Å². The normalized spacial score (nSPS) is 13.8. The summed E-state index contributed by atoms with van der Waals surface area (Å²) in [5, 5.41) is 3.79. The van der Waals surface area contributed by atoms with Gasteiger partial charge in [0, 0.05) is 6.04 Å². The lowest BCUT2D eigenvalue weighted by atomic mass is 9.87. The number of benzene rings is 1. The van der Waals surface area contributed by atoms with Crippen LogP contribution in [0.4, 0.5) is 0 Å². The van der Waals surface area contributed by atoms with Crippen LogP contribution >= 0.6 is 0 Å². The van der Waals surface area contributed by atoms with Gasteiger partial charge in [-0.25, -0.2) is 0 Å². The van der Waals surface area contributed by atoms with Crippen LogP contribution in [0.2, 0.25) is 0 Å². The standard InChI is InChI=1S/C18H31N/c1-6-15(7-2)17(16-11-9-8-10-12-16)19-14-13-18(3,4)5/h8-12,15,17,19H,6-7,13-14H2,1-5H3. The summed E-state index contributed by atoms with van der Waals surface area (Å²) in [4.78, 5) is 0. The second-order valence-corrected chi connectivity index (χ2v) is 6.73. The molecule has 1 atom stereocenters. The molecule has 0 bridgehead atoms. The molecule has 108 valence electrons. The van der Waals surface area contributed by atoms with E-state index in [2.05, 4.69) is 70.3 Å². The Labute approximate surface area is 119 Å². The predicted octanol–water partition coefficient (Wildman–Crippen LogP) is 5.19. The van der Waals surface area contributed by atoms with Crippen LogP contribution in [0.15, 0.2) is 30.3 Å². The van der Waals surface area contributed by atoms with Crippen molar-refractivity contribution in [1.82, 2.24) is 5.32 Å². The minimum Gasteiger partial charge on any atom is -0.310 e. The number of rotatable bonds is 7. The van der Waals surface area contributed by atoms with Gasteiger partial charge in [0.1, 0.15) is 0 Å². The summed E-state index contributed by atoms with van der Waals surface area (Å²) in [6.07, 6.45) is 3.69. The van der Waals surface area contributed by atoms with Gasteiger partial charge < -0.3 is 5.32 Å². The van der Waals surface area contributed by atoms with E-state index in [1.165, 1.54) is 24.8 Å². The predicted molar refractivity (Wildman–Crippen MR) is 85.3 cm³/mol. The van der Waals surface area contributed by atoms with Crippen molar-refractivity contribution in [3.05, 3.63) is 35.9 Å². The van der Waals surface area contributed by atoms with E-state index < -0.39 is 0 Å². The van der Waals surface area contributed by atoms with Crippen LogP contribution in [0.3, 0.4) is 0 Å². The second kappa shape index (κ2) is 7.69. The lowest BCUT2D eigenvalue weighted by molar-refractivity contribution is 0.305. The molecule has 1 N–H and O–H groups in total. The Hall–Kier alpha value is -0.820. The first-order valence-electron chi connectivity index (χ1n) is 7.76. The van der Waals surface area contributed by atoms with Crippen molar-refractivity contribution in [2.45, 2.75) is 59.9 Å². The Kier molecular flexibility index (Phi) is 6.57. The van der Waals surface area contributed by atoms with E-state index in [-0.39, 0.29) is 0 Å². The Morgan fingerprint density at radius 1 is 1.00 bits per heavy atom. The van der Waals surface area contributed by atoms with E-state index >= 15 is 0 Å². The quantitative estimate of drug-likeness (QED) is 0.712. The van der Waals surface area contributed by atoms with Gasteiger partial charge in [-0.05, 0) is 29.9 Å². The Bertz CT molecular complexity index is 332. The fourth-order valence-corrected chi connectivity index (χ4v) is 2.58. The van der Waals surface area contributed by atoms with Crippen LogP contribution in [0.25, 0.3) is 0 Å². The van der Waals surface area contributed by atoms with Crippen molar-refractivity contribution < 1.29 is 0 Å². The minimum atomic E-state index is 0.405. The first-order chi connectivity index (χ1) is 8.98. The molecule has 1 aromatic rings. The molecule has 0 amide bonds. The van der Waals surface area contributed by atoms with E-state index in [0.717, 1.165) is 12.5 Å². The average Bonchev–Trinajstić information content (AvgIpc) is 2.38. The molecule has 0 aromatic heterocycles. The fourth-order valence-electron chi connectivity index (χ4n) is 2.58. The lowest BCUT2D eigenvalue weighted by Crippen LogP contribution is -2.30. The molecule has 1 unspecified atom stereocenters. The monoisotopic (exact) mass is 261 g/mol. The van der Waals surface area contributed by atoms with Crippen molar-refractivity contribution in [1.29, 1.82) is 0 Å². The molecule has 0 fully saturated rings. The molecule has 1 rings (SSSR count).